The molecule has 6 nitrogen and oxygen atoms in total. The highest BCUT2D eigenvalue weighted by atomic mass is 16.5. The van der Waals surface area contributed by atoms with Crippen molar-refractivity contribution in [2.75, 3.05) is 13.2 Å². The first-order valence-electron chi connectivity index (χ1n) is 8.71. The Hall–Kier alpha value is -2.70. The second kappa shape index (κ2) is 9.30. The van der Waals surface area contributed by atoms with Gasteiger partial charge in [0.15, 0.2) is 0 Å². The number of aliphatic hydroxyl groups excluding tert-OH is 2. The third-order valence-corrected chi connectivity index (χ3v) is 4.25. The molecule has 0 aliphatic heterocycles. The predicted octanol–water partition coefficient (Wildman–Crippen LogP) is 2.59. The molecular weight excluding hydrogens is 348 g/mol. The van der Waals surface area contributed by atoms with Gasteiger partial charge in [0.1, 0.15) is 11.5 Å². The summed E-state index contributed by atoms with van der Waals surface area (Å²) in [5.41, 5.74) is 1.73. The van der Waals surface area contributed by atoms with Crippen LogP contribution in [0.1, 0.15) is 37.8 Å². The van der Waals surface area contributed by atoms with Gasteiger partial charge in [0.25, 0.3) is 0 Å². The van der Waals surface area contributed by atoms with Gasteiger partial charge >= 0.3 is 11.9 Å². The number of rotatable bonds is 8. The van der Waals surface area contributed by atoms with Gasteiger partial charge in [-0.25, -0.2) is 0 Å². The Morgan fingerprint density at radius 3 is 1.37 bits per heavy atom. The second-order valence-electron chi connectivity index (χ2n) is 6.57. The highest BCUT2D eigenvalue weighted by Gasteiger charge is 2.23. The van der Waals surface area contributed by atoms with Gasteiger partial charge < -0.3 is 19.7 Å². The molecule has 0 aliphatic rings. The number of hydrogen-bond donors (Lipinski definition) is 2. The number of carbonyl (C=O) groups excluding carboxylic acids is 2. The van der Waals surface area contributed by atoms with Crippen LogP contribution in [0, 0.1) is 0 Å². The third-order valence-electron chi connectivity index (χ3n) is 4.25. The summed E-state index contributed by atoms with van der Waals surface area (Å²) in [5.74, 6) is -0.0926. The molecule has 0 saturated carbocycles. The molecule has 0 bridgehead atoms. The van der Waals surface area contributed by atoms with Crippen LogP contribution in [-0.2, 0) is 15.0 Å². The fraction of sp³-hybridized carbons (Fsp3) is 0.333. The van der Waals surface area contributed by atoms with Gasteiger partial charge in [-0.05, 0) is 35.4 Å². The first-order chi connectivity index (χ1) is 12.9. The van der Waals surface area contributed by atoms with E-state index in [2.05, 4.69) is 13.8 Å². The van der Waals surface area contributed by atoms with Crippen LogP contribution >= 0.6 is 0 Å². The van der Waals surface area contributed by atoms with E-state index in [1.54, 1.807) is 24.3 Å². The minimum atomic E-state index is -0.476. The summed E-state index contributed by atoms with van der Waals surface area (Å²) in [6.45, 7) is 3.64. The summed E-state index contributed by atoms with van der Waals surface area (Å²) in [5, 5.41) is 17.5. The van der Waals surface area contributed by atoms with E-state index in [9.17, 15) is 9.59 Å². The van der Waals surface area contributed by atoms with E-state index < -0.39 is 11.9 Å². The topological polar surface area (TPSA) is 93.1 Å². The normalized spacial score (nSPS) is 11.1. The molecule has 2 aromatic rings. The Balaban J connectivity index is 2.10. The summed E-state index contributed by atoms with van der Waals surface area (Å²) >= 11 is 0. The van der Waals surface area contributed by atoms with Crippen LogP contribution < -0.4 is 9.47 Å². The van der Waals surface area contributed by atoms with Crippen LogP contribution in [0.3, 0.4) is 0 Å². The Kier molecular flexibility index (Phi) is 7.10. The van der Waals surface area contributed by atoms with Gasteiger partial charge in [-0.1, -0.05) is 38.1 Å². The minimum absolute atomic E-state index is 0.0392. The van der Waals surface area contributed by atoms with Crippen LogP contribution in [0.2, 0.25) is 0 Å². The molecule has 0 saturated heterocycles. The molecule has 0 aromatic heterocycles. The predicted molar refractivity (Wildman–Crippen MR) is 99.7 cm³/mol. The Morgan fingerprint density at radius 2 is 1.07 bits per heavy atom. The van der Waals surface area contributed by atoms with Crippen molar-refractivity contribution in [1.29, 1.82) is 0 Å². The van der Waals surface area contributed by atoms with Crippen molar-refractivity contribution in [3.8, 4) is 11.5 Å². The van der Waals surface area contributed by atoms with E-state index in [1.807, 2.05) is 24.3 Å². The molecule has 0 unspecified atom stereocenters. The smallest absolute Gasteiger partial charge is 0.313 e. The van der Waals surface area contributed by atoms with Gasteiger partial charge in [0.2, 0.25) is 0 Å². The van der Waals surface area contributed by atoms with Gasteiger partial charge in [-0.2, -0.15) is 0 Å². The van der Waals surface area contributed by atoms with Gasteiger partial charge in [-0.3, -0.25) is 9.59 Å². The third kappa shape index (κ3) is 5.64. The Bertz CT molecular complexity index is 697. The van der Waals surface area contributed by atoms with Crippen LogP contribution in [-0.4, -0.2) is 35.4 Å². The zero-order chi connectivity index (χ0) is 19.9. The quantitative estimate of drug-likeness (QED) is 0.546. The molecule has 0 radical (unpaired) electrons. The summed E-state index contributed by atoms with van der Waals surface area (Å²) in [6.07, 6.45) is -0.0784. The average molecular weight is 372 g/mol. The molecule has 2 rings (SSSR count). The molecule has 0 aliphatic carbocycles. The summed E-state index contributed by atoms with van der Waals surface area (Å²) in [4.78, 5) is 22.9. The second-order valence-corrected chi connectivity index (χ2v) is 6.57. The fourth-order valence-corrected chi connectivity index (χ4v) is 2.59. The highest BCUT2D eigenvalue weighted by Crippen LogP contribution is 2.33. The Morgan fingerprint density at radius 1 is 0.741 bits per heavy atom. The molecule has 144 valence electrons. The molecule has 27 heavy (non-hydrogen) atoms. The largest absolute Gasteiger partial charge is 0.426 e. The van der Waals surface area contributed by atoms with Crippen molar-refractivity contribution in [2.24, 2.45) is 0 Å². The molecule has 0 spiro atoms. The van der Waals surface area contributed by atoms with E-state index in [-0.39, 0.29) is 31.5 Å². The van der Waals surface area contributed by atoms with E-state index >= 15 is 0 Å². The maximum absolute atomic E-state index is 11.4. The molecule has 0 fully saturated rings. The lowest BCUT2D eigenvalue weighted by Crippen LogP contribution is -2.19. The molecular formula is C21H24O6. The SMILES string of the molecule is CC(C)(c1ccc(OC(=O)CCO)cc1)c1ccc(OC(=O)CCO)cc1. The van der Waals surface area contributed by atoms with Crippen molar-refractivity contribution < 1.29 is 29.3 Å². The number of carbonyl (C=O) groups is 2. The molecule has 0 amide bonds. The lowest BCUT2D eigenvalue weighted by atomic mass is 9.78. The standard InChI is InChI=1S/C21H24O6/c1-21(2,15-3-7-17(8-4-15)26-19(24)11-13-22)16-5-9-18(10-6-16)27-20(25)12-14-23/h3-10,22-23H,11-14H2,1-2H3. The van der Waals surface area contributed by atoms with Crippen molar-refractivity contribution in [3.05, 3.63) is 59.7 Å². The van der Waals surface area contributed by atoms with Crippen molar-refractivity contribution in [1.82, 2.24) is 0 Å². The average Bonchev–Trinajstić information content (AvgIpc) is 2.63. The lowest BCUT2D eigenvalue weighted by Gasteiger charge is -2.26. The van der Waals surface area contributed by atoms with E-state index in [0.29, 0.717) is 11.5 Å². The fourth-order valence-electron chi connectivity index (χ4n) is 2.59. The number of esters is 2. The number of aliphatic hydroxyl groups is 2. The maximum Gasteiger partial charge on any atom is 0.313 e. The molecule has 2 aromatic carbocycles. The van der Waals surface area contributed by atoms with Crippen LogP contribution in [0.25, 0.3) is 0 Å². The van der Waals surface area contributed by atoms with Crippen molar-refractivity contribution in [2.45, 2.75) is 32.1 Å². The number of ether oxygens (including phenoxy) is 2. The first-order valence-corrected chi connectivity index (χ1v) is 8.71. The van der Waals surface area contributed by atoms with Crippen LogP contribution in [0.15, 0.2) is 48.5 Å². The van der Waals surface area contributed by atoms with Crippen LogP contribution in [0.5, 0.6) is 11.5 Å². The number of benzene rings is 2. The van der Waals surface area contributed by atoms with Gasteiger partial charge in [-0.15, -0.1) is 0 Å². The monoisotopic (exact) mass is 372 g/mol. The molecule has 2 N–H and O–H groups in total. The van der Waals surface area contributed by atoms with Crippen molar-refractivity contribution in [3.63, 3.8) is 0 Å². The van der Waals surface area contributed by atoms with Crippen LogP contribution in [0.4, 0.5) is 0 Å². The zero-order valence-electron chi connectivity index (χ0n) is 15.5. The van der Waals surface area contributed by atoms with E-state index in [4.69, 9.17) is 19.7 Å². The lowest BCUT2D eigenvalue weighted by molar-refractivity contribution is -0.136. The first kappa shape index (κ1) is 20.6. The maximum atomic E-state index is 11.4. The van der Waals surface area contributed by atoms with E-state index in [0.717, 1.165) is 11.1 Å². The number of hydrogen-bond acceptors (Lipinski definition) is 6. The molecule has 0 atom stereocenters. The Labute approximate surface area is 158 Å². The summed E-state index contributed by atoms with van der Waals surface area (Å²) in [6, 6.07) is 14.4. The minimum Gasteiger partial charge on any atom is -0.426 e. The zero-order valence-corrected chi connectivity index (χ0v) is 15.5. The summed E-state index contributed by atoms with van der Waals surface area (Å²) in [7, 11) is 0. The van der Waals surface area contributed by atoms with Gasteiger partial charge in [0.05, 0.1) is 26.1 Å². The molecule has 0 heterocycles. The molecule has 6 heteroatoms. The van der Waals surface area contributed by atoms with E-state index in [1.165, 1.54) is 0 Å². The summed E-state index contributed by atoms with van der Waals surface area (Å²) < 4.78 is 10.3. The van der Waals surface area contributed by atoms with Crippen molar-refractivity contribution >= 4 is 11.9 Å². The highest BCUT2D eigenvalue weighted by molar-refractivity contribution is 5.73. The van der Waals surface area contributed by atoms with Gasteiger partial charge in [0, 0.05) is 5.41 Å².